The highest BCUT2D eigenvalue weighted by Crippen LogP contribution is 2.32. The van der Waals surface area contributed by atoms with Crippen molar-refractivity contribution in [1.82, 2.24) is 10.2 Å². The van der Waals surface area contributed by atoms with E-state index in [9.17, 15) is 4.79 Å². The Balaban J connectivity index is 1.45. The number of fused-ring (bicyclic) bond motifs is 3. The molecule has 2 bridgehead atoms. The average Bonchev–Trinajstić information content (AvgIpc) is 3.00. The van der Waals surface area contributed by atoms with Crippen LogP contribution in [0.4, 0.5) is 4.79 Å². The number of hydrogen-bond acceptors (Lipinski definition) is 4. The van der Waals surface area contributed by atoms with E-state index in [0.29, 0.717) is 5.92 Å². The van der Waals surface area contributed by atoms with Crippen molar-refractivity contribution in [1.29, 1.82) is 0 Å². The molecule has 1 N–H and O–H groups in total. The minimum atomic E-state index is -0.409. The van der Waals surface area contributed by atoms with Crippen molar-refractivity contribution >= 4 is 33.4 Å². The van der Waals surface area contributed by atoms with Crippen molar-refractivity contribution in [2.24, 2.45) is 5.92 Å². The van der Waals surface area contributed by atoms with Crippen LogP contribution in [0.5, 0.6) is 0 Å². The molecular weight excluding hydrogens is 412 g/mol. The van der Waals surface area contributed by atoms with Crippen LogP contribution in [0, 0.1) is 5.92 Å². The monoisotopic (exact) mass is 436 g/mol. The van der Waals surface area contributed by atoms with Gasteiger partial charge >= 0.3 is 6.09 Å². The first-order valence-electron chi connectivity index (χ1n) is 9.30. The zero-order valence-electron chi connectivity index (χ0n) is 15.0. The van der Waals surface area contributed by atoms with Gasteiger partial charge in [-0.2, -0.15) is 0 Å². The zero-order chi connectivity index (χ0) is 18.1. The number of halogens is 1. The highest BCUT2D eigenvalue weighted by atomic mass is 79.9. The number of carbonyl (C=O) groups is 1. The zero-order valence-corrected chi connectivity index (χ0v) is 17.4. The van der Waals surface area contributed by atoms with Gasteiger partial charge < -0.3 is 10.1 Å². The number of thiophene rings is 1. The molecule has 1 aromatic heterocycles. The van der Waals surface area contributed by atoms with E-state index in [0.717, 1.165) is 49.8 Å². The Bertz CT molecular complexity index is 736. The van der Waals surface area contributed by atoms with Crippen LogP contribution in [-0.2, 0) is 11.2 Å². The van der Waals surface area contributed by atoms with Gasteiger partial charge in [0.05, 0.1) is 5.54 Å². The Morgan fingerprint density at radius 1 is 1.46 bits per heavy atom. The fraction of sp³-hybridized carbons (Fsp3) is 0.550. The summed E-state index contributed by atoms with van der Waals surface area (Å²) in [5, 5.41) is 5.30. The van der Waals surface area contributed by atoms with Crippen molar-refractivity contribution in [3.05, 3.63) is 44.6 Å². The second-order valence-corrected chi connectivity index (χ2v) is 9.73. The van der Waals surface area contributed by atoms with Gasteiger partial charge in [0, 0.05) is 27.7 Å². The lowest BCUT2D eigenvalue weighted by molar-refractivity contribution is -0.0347. The summed E-state index contributed by atoms with van der Waals surface area (Å²) in [6.45, 7) is 5.30. The van der Waals surface area contributed by atoms with Crippen LogP contribution < -0.4 is 5.32 Å². The van der Waals surface area contributed by atoms with E-state index in [-0.39, 0.29) is 12.2 Å². The van der Waals surface area contributed by atoms with Gasteiger partial charge in [-0.3, -0.25) is 4.90 Å². The second-order valence-electron chi connectivity index (χ2n) is 7.82. The molecular formula is C20H25BrN2O2S. The van der Waals surface area contributed by atoms with Crippen LogP contribution in [0.15, 0.2) is 39.7 Å². The quantitative estimate of drug-likeness (QED) is 0.753. The number of hydrogen-bond donors (Lipinski definition) is 1. The molecule has 3 saturated heterocycles. The topological polar surface area (TPSA) is 41.6 Å². The first-order chi connectivity index (χ1) is 12.5. The molecule has 0 aromatic carbocycles. The van der Waals surface area contributed by atoms with E-state index in [1.54, 1.807) is 11.3 Å². The highest BCUT2D eigenvalue weighted by molar-refractivity contribution is 9.10. The standard InChI is InChI=1S/C20H25BrN2O2S/c1-14-3-2-6-20(10-14,11-17-9-16(21)13-26-17)22-19(24)25-18-12-23-7-4-15(18)5-8-23/h2-3,6,9,13,15,18H,4-5,7-8,10-12H2,1H3,(H,22,24)/t18?,20-/m1/s1. The normalized spacial score (nSPS) is 33.0. The number of nitrogens with one attached hydrogen (secondary N) is 1. The lowest BCUT2D eigenvalue weighted by Gasteiger charge is -2.44. The molecule has 4 aliphatic rings. The summed E-state index contributed by atoms with van der Waals surface area (Å²) in [6, 6.07) is 2.13. The maximum atomic E-state index is 12.8. The van der Waals surface area contributed by atoms with Crippen LogP contribution in [-0.4, -0.2) is 42.3 Å². The molecule has 1 amide bonds. The SMILES string of the molecule is CC1=CC=C[C@@](Cc2cc(Br)cs2)(NC(=O)OC2CN3CCC2CC3)C1. The Morgan fingerprint density at radius 2 is 2.27 bits per heavy atom. The third-order valence-corrected chi connectivity index (χ3v) is 7.40. The van der Waals surface area contributed by atoms with Gasteiger partial charge in [-0.1, -0.05) is 23.8 Å². The molecule has 3 fully saturated rings. The van der Waals surface area contributed by atoms with Gasteiger partial charge in [-0.05, 0) is 67.2 Å². The third kappa shape index (κ3) is 4.07. The third-order valence-electron chi connectivity index (χ3n) is 5.71. The molecule has 4 nitrogen and oxygen atoms in total. The molecule has 1 unspecified atom stereocenters. The van der Waals surface area contributed by atoms with Crippen LogP contribution in [0.2, 0.25) is 0 Å². The van der Waals surface area contributed by atoms with Crippen molar-refractivity contribution in [2.45, 2.75) is 44.2 Å². The van der Waals surface area contributed by atoms with Gasteiger partial charge in [0.15, 0.2) is 0 Å². The maximum Gasteiger partial charge on any atom is 0.408 e. The number of piperidine rings is 3. The van der Waals surface area contributed by atoms with Gasteiger partial charge in [0.2, 0.25) is 0 Å². The van der Waals surface area contributed by atoms with Gasteiger partial charge in [-0.25, -0.2) is 4.79 Å². The summed E-state index contributed by atoms with van der Waals surface area (Å²) in [6.07, 6.45) is 9.93. The molecule has 3 aliphatic heterocycles. The Morgan fingerprint density at radius 3 is 2.88 bits per heavy atom. The molecule has 5 rings (SSSR count). The van der Waals surface area contributed by atoms with Crippen molar-refractivity contribution < 1.29 is 9.53 Å². The summed E-state index contributed by atoms with van der Waals surface area (Å²) in [5.74, 6) is 0.526. The first-order valence-corrected chi connectivity index (χ1v) is 11.0. The summed E-state index contributed by atoms with van der Waals surface area (Å²) >= 11 is 5.24. The van der Waals surface area contributed by atoms with E-state index in [1.807, 2.05) is 0 Å². The van der Waals surface area contributed by atoms with Gasteiger partial charge in [0.1, 0.15) is 6.10 Å². The van der Waals surface area contributed by atoms with Crippen molar-refractivity contribution in [2.75, 3.05) is 19.6 Å². The second kappa shape index (κ2) is 7.49. The van der Waals surface area contributed by atoms with Crippen LogP contribution in [0.25, 0.3) is 0 Å². The predicted octanol–water partition coefficient (Wildman–Crippen LogP) is 4.52. The van der Waals surface area contributed by atoms with Crippen molar-refractivity contribution in [3.8, 4) is 0 Å². The molecule has 1 aromatic rings. The van der Waals surface area contributed by atoms with E-state index in [1.165, 1.54) is 10.5 Å². The summed E-state index contributed by atoms with van der Waals surface area (Å²) in [5.41, 5.74) is 0.861. The van der Waals surface area contributed by atoms with Gasteiger partial charge in [0.25, 0.3) is 0 Å². The van der Waals surface area contributed by atoms with E-state index in [4.69, 9.17) is 4.74 Å². The highest BCUT2D eigenvalue weighted by Gasteiger charge is 2.38. The molecule has 0 radical (unpaired) electrons. The molecule has 2 atom stereocenters. The Labute approximate surface area is 167 Å². The summed E-state index contributed by atoms with van der Waals surface area (Å²) in [4.78, 5) is 16.4. The fourth-order valence-electron chi connectivity index (χ4n) is 4.44. The molecule has 0 saturated carbocycles. The Hall–Kier alpha value is -1.11. The molecule has 1 aliphatic carbocycles. The van der Waals surface area contributed by atoms with Crippen LogP contribution >= 0.6 is 27.3 Å². The van der Waals surface area contributed by atoms with Crippen LogP contribution in [0.3, 0.4) is 0 Å². The molecule has 140 valence electrons. The number of rotatable bonds is 4. The number of carbonyl (C=O) groups excluding carboxylic acids is 1. The lowest BCUT2D eigenvalue weighted by Crippen LogP contribution is -2.55. The number of nitrogens with zero attached hydrogens (tertiary/aromatic N) is 1. The lowest BCUT2D eigenvalue weighted by atomic mass is 9.83. The largest absolute Gasteiger partial charge is 0.445 e. The number of ether oxygens (including phenoxy) is 1. The number of amides is 1. The summed E-state index contributed by atoms with van der Waals surface area (Å²) < 4.78 is 6.97. The average molecular weight is 437 g/mol. The minimum absolute atomic E-state index is 0.0367. The maximum absolute atomic E-state index is 12.8. The van der Waals surface area contributed by atoms with Crippen LogP contribution in [0.1, 0.15) is 31.1 Å². The van der Waals surface area contributed by atoms with E-state index < -0.39 is 5.54 Å². The smallest absolute Gasteiger partial charge is 0.408 e. The van der Waals surface area contributed by atoms with Crippen molar-refractivity contribution in [3.63, 3.8) is 0 Å². The molecule has 26 heavy (non-hydrogen) atoms. The first kappa shape index (κ1) is 18.3. The van der Waals surface area contributed by atoms with Gasteiger partial charge in [-0.15, -0.1) is 11.3 Å². The van der Waals surface area contributed by atoms with E-state index in [2.05, 4.69) is 62.7 Å². The molecule has 6 heteroatoms. The Kier molecular flexibility index (Phi) is 5.26. The fourth-order valence-corrected chi connectivity index (χ4v) is 6.01. The number of allylic oxidation sites excluding steroid dienone is 2. The number of alkyl carbamates (subject to hydrolysis) is 1. The predicted molar refractivity (Wildman–Crippen MR) is 109 cm³/mol. The summed E-state index contributed by atoms with van der Waals surface area (Å²) in [7, 11) is 0. The van der Waals surface area contributed by atoms with E-state index >= 15 is 0 Å². The minimum Gasteiger partial charge on any atom is -0.445 e. The molecule has 0 spiro atoms. The molecule has 4 heterocycles.